The molecule has 1 heterocycles. The smallest absolute Gasteiger partial charge is 0.342 e. The Kier molecular flexibility index (Phi) is 3.66. The number of fused-ring (bicyclic) bond motifs is 1. The van der Waals surface area contributed by atoms with Crippen LogP contribution in [0.3, 0.4) is 0 Å². The summed E-state index contributed by atoms with van der Waals surface area (Å²) in [5, 5.41) is -0.00389. The molecule has 128 valence electrons. The van der Waals surface area contributed by atoms with Gasteiger partial charge in [-0.25, -0.2) is 0 Å². The molecule has 0 amide bonds. The molecular formula is C13H8F9N. The molecule has 1 aromatic heterocycles. The molecule has 2 aromatic rings. The number of benzene rings is 1. The molecule has 0 saturated carbocycles. The molecule has 10 heteroatoms. The Labute approximate surface area is 123 Å². The molecule has 0 radical (unpaired) electrons. The standard InChI is InChI=1S/C13H8F9N/c1-23-8-5-3-2-4-7(8)6-9(23)10(14,15)11(16,17)12(18,19)13(20,21)22/h2-6H,1H3. The van der Waals surface area contributed by atoms with Gasteiger partial charge in [0.25, 0.3) is 0 Å². The Morgan fingerprint density at radius 3 is 1.78 bits per heavy atom. The molecule has 0 spiro atoms. The predicted molar refractivity (Wildman–Crippen MR) is 62.8 cm³/mol. The van der Waals surface area contributed by atoms with E-state index in [9.17, 15) is 39.5 Å². The van der Waals surface area contributed by atoms with Gasteiger partial charge < -0.3 is 4.57 Å². The molecule has 0 aliphatic rings. The van der Waals surface area contributed by atoms with Crippen molar-refractivity contribution < 1.29 is 39.5 Å². The monoisotopic (exact) mass is 349 g/mol. The molecule has 2 rings (SSSR count). The molecule has 0 aliphatic carbocycles. The second-order valence-electron chi connectivity index (χ2n) is 4.87. The Morgan fingerprint density at radius 2 is 1.30 bits per heavy atom. The molecule has 23 heavy (non-hydrogen) atoms. The predicted octanol–water partition coefficient (Wildman–Crippen LogP) is 5.10. The van der Waals surface area contributed by atoms with E-state index in [1.54, 1.807) is 0 Å². The van der Waals surface area contributed by atoms with Crippen LogP contribution >= 0.6 is 0 Å². The maximum atomic E-state index is 13.9. The van der Waals surface area contributed by atoms with E-state index in [1.165, 1.54) is 24.3 Å². The largest absolute Gasteiger partial charge is 0.460 e. The molecule has 1 aromatic carbocycles. The molecule has 0 unspecified atom stereocenters. The fourth-order valence-corrected chi connectivity index (χ4v) is 2.13. The van der Waals surface area contributed by atoms with Crippen LogP contribution < -0.4 is 0 Å². The number of rotatable bonds is 3. The lowest BCUT2D eigenvalue weighted by atomic mass is 10.0. The zero-order valence-electron chi connectivity index (χ0n) is 11.2. The van der Waals surface area contributed by atoms with Gasteiger partial charge in [-0.2, -0.15) is 39.5 Å². The summed E-state index contributed by atoms with van der Waals surface area (Å²) < 4.78 is 117. The fraction of sp³-hybridized carbons (Fsp3) is 0.385. The highest BCUT2D eigenvalue weighted by atomic mass is 19.4. The molecular weight excluding hydrogens is 341 g/mol. The van der Waals surface area contributed by atoms with Crippen molar-refractivity contribution >= 4 is 10.9 Å². The van der Waals surface area contributed by atoms with Crippen molar-refractivity contribution in [3.63, 3.8) is 0 Å². The van der Waals surface area contributed by atoms with Gasteiger partial charge in [-0.15, -0.1) is 0 Å². The number of alkyl halides is 9. The summed E-state index contributed by atoms with van der Waals surface area (Å²) in [7, 11) is 0.868. The topological polar surface area (TPSA) is 4.93 Å². The Bertz CT molecular complexity index is 727. The fourth-order valence-electron chi connectivity index (χ4n) is 2.13. The van der Waals surface area contributed by atoms with Crippen LogP contribution in [0.1, 0.15) is 5.69 Å². The van der Waals surface area contributed by atoms with Crippen LogP contribution in [-0.2, 0) is 13.0 Å². The minimum Gasteiger partial charge on any atom is -0.342 e. The van der Waals surface area contributed by atoms with E-state index in [0.717, 1.165) is 7.05 Å². The van der Waals surface area contributed by atoms with E-state index in [-0.39, 0.29) is 10.9 Å². The number of nitrogens with zero attached hydrogens (tertiary/aromatic N) is 1. The van der Waals surface area contributed by atoms with Gasteiger partial charge in [0, 0.05) is 18.0 Å². The second-order valence-corrected chi connectivity index (χ2v) is 4.87. The summed E-state index contributed by atoms with van der Waals surface area (Å²) in [4.78, 5) is 0. The molecule has 0 saturated heterocycles. The van der Waals surface area contributed by atoms with Gasteiger partial charge in [-0.05, 0) is 12.1 Å². The maximum Gasteiger partial charge on any atom is 0.460 e. The summed E-state index contributed by atoms with van der Waals surface area (Å²) in [6.07, 6.45) is -6.83. The first-order valence-corrected chi connectivity index (χ1v) is 6.00. The molecule has 0 fully saturated rings. The lowest BCUT2D eigenvalue weighted by molar-refractivity contribution is -0.400. The van der Waals surface area contributed by atoms with Crippen molar-refractivity contribution in [1.29, 1.82) is 0 Å². The van der Waals surface area contributed by atoms with E-state index < -0.39 is 29.6 Å². The van der Waals surface area contributed by atoms with Gasteiger partial charge in [0.15, 0.2) is 0 Å². The van der Waals surface area contributed by atoms with Crippen LogP contribution in [0.15, 0.2) is 30.3 Å². The average molecular weight is 349 g/mol. The van der Waals surface area contributed by atoms with Crippen LogP contribution in [0, 0.1) is 0 Å². The van der Waals surface area contributed by atoms with Gasteiger partial charge in [-0.1, -0.05) is 18.2 Å². The first-order chi connectivity index (χ1) is 10.2. The third-order valence-electron chi connectivity index (χ3n) is 3.42. The van der Waals surface area contributed by atoms with Crippen molar-refractivity contribution in [2.45, 2.75) is 23.9 Å². The quantitative estimate of drug-likeness (QED) is 0.679. The summed E-state index contributed by atoms with van der Waals surface area (Å²) in [5.74, 6) is -19.3. The van der Waals surface area contributed by atoms with Gasteiger partial charge in [0.05, 0.1) is 5.69 Å². The third kappa shape index (κ3) is 2.26. The highest BCUT2D eigenvalue weighted by Gasteiger charge is 2.82. The van der Waals surface area contributed by atoms with E-state index in [2.05, 4.69) is 0 Å². The van der Waals surface area contributed by atoms with E-state index in [1.807, 2.05) is 0 Å². The van der Waals surface area contributed by atoms with Gasteiger partial charge in [0.2, 0.25) is 0 Å². The molecule has 0 aliphatic heterocycles. The minimum absolute atomic E-state index is 0.00389. The summed E-state index contributed by atoms with van der Waals surface area (Å²) in [6, 6.07) is 5.65. The zero-order valence-corrected chi connectivity index (χ0v) is 11.2. The Balaban J connectivity index is 2.66. The number of aromatic nitrogens is 1. The first kappa shape index (κ1) is 17.5. The van der Waals surface area contributed by atoms with Crippen molar-refractivity contribution in [3.8, 4) is 0 Å². The number of halogens is 9. The normalized spacial score (nSPS) is 14.5. The van der Waals surface area contributed by atoms with E-state index >= 15 is 0 Å². The Morgan fingerprint density at radius 1 is 0.783 bits per heavy atom. The number of hydrogen-bond acceptors (Lipinski definition) is 0. The average Bonchev–Trinajstić information content (AvgIpc) is 2.75. The third-order valence-corrected chi connectivity index (χ3v) is 3.42. The van der Waals surface area contributed by atoms with Gasteiger partial charge >= 0.3 is 23.9 Å². The first-order valence-electron chi connectivity index (χ1n) is 6.00. The van der Waals surface area contributed by atoms with E-state index in [4.69, 9.17) is 0 Å². The van der Waals surface area contributed by atoms with Crippen LogP contribution in [-0.4, -0.2) is 22.6 Å². The lowest BCUT2D eigenvalue weighted by Crippen LogP contribution is -2.59. The van der Waals surface area contributed by atoms with Crippen molar-refractivity contribution in [1.82, 2.24) is 4.57 Å². The van der Waals surface area contributed by atoms with Crippen LogP contribution in [0.2, 0.25) is 0 Å². The highest BCUT2D eigenvalue weighted by molar-refractivity contribution is 5.81. The van der Waals surface area contributed by atoms with E-state index in [0.29, 0.717) is 10.6 Å². The molecule has 0 atom stereocenters. The van der Waals surface area contributed by atoms with Crippen LogP contribution in [0.4, 0.5) is 39.5 Å². The summed E-state index contributed by atoms with van der Waals surface area (Å²) >= 11 is 0. The van der Waals surface area contributed by atoms with Crippen LogP contribution in [0.25, 0.3) is 10.9 Å². The highest BCUT2D eigenvalue weighted by Crippen LogP contribution is 2.56. The zero-order chi connectivity index (χ0) is 17.8. The maximum absolute atomic E-state index is 13.9. The van der Waals surface area contributed by atoms with Gasteiger partial charge in [0.1, 0.15) is 0 Å². The summed E-state index contributed by atoms with van der Waals surface area (Å²) in [5.41, 5.74) is -1.67. The molecule has 1 nitrogen and oxygen atoms in total. The van der Waals surface area contributed by atoms with Gasteiger partial charge in [-0.3, -0.25) is 0 Å². The number of hydrogen-bond donors (Lipinski definition) is 0. The minimum atomic E-state index is -6.90. The van der Waals surface area contributed by atoms with Crippen molar-refractivity contribution in [2.24, 2.45) is 7.05 Å². The SMILES string of the molecule is Cn1c(C(F)(F)C(F)(F)C(F)(F)C(F)(F)F)cc2ccccc21. The van der Waals surface area contributed by atoms with Crippen LogP contribution in [0.5, 0.6) is 0 Å². The lowest BCUT2D eigenvalue weighted by Gasteiger charge is -2.33. The second kappa shape index (κ2) is 4.81. The molecule has 0 bridgehead atoms. The van der Waals surface area contributed by atoms with Crippen molar-refractivity contribution in [2.75, 3.05) is 0 Å². The number of para-hydroxylation sites is 1. The molecule has 0 N–H and O–H groups in total. The Hall–Kier alpha value is -1.87. The number of aryl methyl sites for hydroxylation is 1. The summed E-state index contributed by atoms with van der Waals surface area (Å²) in [6.45, 7) is 0. The van der Waals surface area contributed by atoms with Crippen molar-refractivity contribution in [3.05, 3.63) is 36.0 Å².